The Balaban J connectivity index is 2.29. The van der Waals surface area contributed by atoms with Crippen LogP contribution in [0.4, 0.5) is 0 Å². The molecule has 0 N–H and O–H groups in total. The molecule has 0 radical (unpaired) electrons. The molecule has 0 saturated heterocycles. The highest BCUT2D eigenvalue weighted by Crippen LogP contribution is 2.27. The Labute approximate surface area is 119 Å². The van der Waals surface area contributed by atoms with E-state index >= 15 is 0 Å². The first-order chi connectivity index (χ1) is 9.03. The highest BCUT2D eigenvalue weighted by molar-refractivity contribution is 6.30. The van der Waals surface area contributed by atoms with Gasteiger partial charge in [-0.05, 0) is 43.5 Å². The number of hydrogen-bond acceptors (Lipinski definition) is 1. The van der Waals surface area contributed by atoms with Gasteiger partial charge in [-0.15, -0.1) is 0 Å². The maximum atomic E-state index is 11.6. The average Bonchev–Trinajstić information content (AvgIpc) is 2.42. The Morgan fingerprint density at radius 2 is 1.63 bits per heavy atom. The minimum atomic E-state index is -0.498. The molecule has 0 aliphatic carbocycles. The van der Waals surface area contributed by atoms with Gasteiger partial charge in [-0.2, -0.15) is 0 Å². The van der Waals surface area contributed by atoms with Crippen molar-refractivity contribution in [1.82, 2.24) is 0 Å². The standard InChI is InChI=1S/C17H17ClO/c1-13-3-7-15(8-4-13)17(2,12-19)11-14-5-9-16(18)10-6-14/h3-10,12H,11H2,1-2H3. The summed E-state index contributed by atoms with van der Waals surface area (Å²) in [6.45, 7) is 4.01. The van der Waals surface area contributed by atoms with E-state index in [0.717, 1.165) is 17.4 Å². The van der Waals surface area contributed by atoms with Gasteiger partial charge in [0, 0.05) is 5.02 Å². The second-order valence-electron chi connectivity index (χ2n) is 5.20. The second kappa shape index (κ2) is 5.58. The summed E-state index contributed by atoms with van der Waals surface area (Å²) < 4.78 is 0. The molecule has 0 heterocycles. The predicted molar refractivity (Wildman–Crippen MR) is 79.8 cm³/mol. The summed E-state index contributed by atoms with van der Waals surface area (Å²) in [5, 5.41) is 0.715. The molecule has 0 bridgehead atoms. The Hall–Kier alpha value is -1.60. The van der Waals surface area contributed by atoms with E-state index in [0.29, 0.717) is 11.4 Å². The van der Waals surface area contributed by atoms with Crippen LogP contribution in [-0.4, -0.2) is 6.29 Å². The minimum absolute atomic E-state index is 0.498. The van der Waals surface area contributed by atoms with Gasteiger partial charge in [0.2, 0.25) is 0 Å². The highest BCUT2D eigenvalue weighted by atomic mass is 35.5. The van der Waals surface area contributed by atoms with Crippen LogP contribution in [0, 0.1) is 6.92 Å². The van der Waals surface area contributed by atoms with Crippen LogP contribution < -0.4 is 0 Å². The summed E-state index contributed by atoms with van der Waals surface area (Å²) in [6, 6.07) is 15.8. The van der Waals surface area contributed by atoms with E-state index in [-0.39, 0.29) is 0 Å². The molecule has 0 aromatic heterocycles. The van der Waals surface area contributed by atoms with Crippen molar-refractivity contribution in [3.63, 3.8) is 0 Å². The lowest BCUT2D eigenvalue weighted by atomic mass is 9.78. The third kappa shape index (κ3) is 3.24. The number of benzene rings is 2. The Bertz CT molecular complexity index is 557. The van der Waals surface area contributed by atoms with E-state index in [9.17, 15) is 4.79 Å². The second-order valence-corrected chi connectivity index (χ2v) is 5.64. The summed E-state index contributed by atoms with van der Waals surface area (Å²) >= 11 is 5.88. The fraction of sp³-hybridized carbons (Fsp3) is 0.235. The predicted octanol–water partition coefficient (Wildman–Crippen LogP) is 4.35. The van der Waals surface area contributed by atoms with Crippen LogP contribution in [0.25, 0.3) is 0 Å². The van der Waals surface area contributed by atoms with Crippen LogP contribution in [0.3, 0.4) is 0 Å². The van der Waals surface area contributed by atoms with Crippen molar-refractivity contribution in [2.24, 2.45) is 0 Å². The van der Waals surface area contributed by atoms with E-state index in [1.165, 1.54) is 5.56 Å². The van der Waals surface area contributed by atoms with Gasteiger partial charge in [0.15, 0.2) is 0 Å². The normalized spacial score (nSPS) is 13.8. The molecule has 1 nitrogen and oxygen atoms in total. The Morgan fingerprint density at radius 1 is 1.05 bits per heavy atom. The maximum Gasteiger partial charge on any atom is 0.130 e. The molecule has 1 unspecified atom stereocenters. The maximum absolute atomic E-state index is 11.6. The average molecular weight is 273 g/mol. The molecule has 1 atom stereocenters. The fourth-order valence-electron chi connectivity index (χ4n) is 2.17. The number of carbonyl (C=O) groups is 1. The highest BCUT2D eigenvalue weighted by Gasteiger charge is 2.26. The molecule has 0 fully saturated rings. The lowest BCUT2D eigenvalue weighted by Crippen LogP contribution is -2.26. The molecule has 2 heteroatoms. The topological polar surface area (TPSA) is 17.1 Å². The number of hydrogen-bond donors (Lipinski definition) is 0. The summed E-state index contributed by atoms with van der Waals surface area (Å²) in [6.07, 6.45) is 1.71. The Kier molecular flexibility index (Phi) is 4.06. The van der Waals surface area contributed by atoms with Crippen molar-refractivity contribution in [3.8, 4) is 0 Å². The van der Waals surface area contributed by atoms with Crippen molar-refractivity contribution in [2.45, 2.75) is 25.7 Å². The zero-order chi connectivity index (χ0) is 13.9. The summed E-state index contributed by atoms with van der Waals surface area (Å²) in [5.41, 5.74) is 2.85. The van der Waals surface area contributed by atoms with E-state index in [2.05, 4.69) is 0 Å². The zero-order valence-electron chi connectivity index (χ0n) is 11.2. The molecule has 0 spiro atoms. The van der Waals surface area contributed by atoms with E-state index in [4.69, 9.17) is 11.6 Å². The van der Waals surface area contributed by atoms with Crippen LogP contribution in [-0.2, 0) is 16.6 Å². The lowest BCUT2D eigenvalue weighted by Gasteiger charge is -2.24. The van der Waals surface area contributed by atoms with Gasteiger partial charge in [-0.1, -0.05) is 53.6 Å². The summed E-state index contributed by atoms with van der Waals surface area (Å²) in [7, 11) is 0. The van der Waals surface area contributed by atoms with Crippen LogP contribution >= 0.6 is 11.6 Å². The molecule has 2 aromatic carbocycles. The van der Waals surface area contributed by atoms with Gasteiger partial charge in [-0.3, -0.25) is 0 Å². The minimum Gasteiger partial charge on any atom is -0.302 e. The number of halogens is 1. The van der Waals surface area contributed by atoms with Crippen molar-refractivity contribution >= 4 is 17.9 Å². The first-order valence-corrected chi connectivity index (χ1v) is 6.69. The fourth-order valence-corrected chi connectivity index (χ4v) is 2.30. The van der Waals surface area contributed by atoms with Crippen molar-refractivity contribution in [1.29, 1.82) is 0 Å². The van der Waals surface area contributed by atoms with Gasteiger partial charge in [0.05, 0.1) is 5.41 Å². The number of carbonyl (C=O) groups excluding carboxylic acids is 1. The van der Waals surface area contributed by atoms with Crippen molar-refractivity contribution in [2.75, 3.05) is 0 Å². The number of aryl methyl sites for hydroxylation is 1. The van der Waals surface area contributed by atoms with E-state index < -0.39 is 5.41 Å². The third-order valence-corrected chi connectivity index (χ3v) is 3.71. The van der Waals surface area contributed by atoms with Crippen LogP contribution in [0.5, 0.6) is 0 Å². The first kappa shape index (κ1) is 13.8. The number of aldehydes is 1. The van der Waals surface area contributed by atoms with Gasteiger partial charge in [0.25, 0.3) is 0 Å². The molecule has 0 aliphatic rings. The molecule has 2 rings (SSSR count). The first-order valence-electron chi connectivity index (χ1n) is 6.31. The molecule has 98 valence electrons. The third-order valence-electron chi connectivity index (χ3n) is 3.46. The molecule has 0 aliphatic heterocycles. The summed E-state index contributed by atoms with van der Waals surface area (Å²) in [4.78, 5) is 11.6. The van der Waals surface area contributed by atoms with Crippen LogP contribution in [0.2, 0.25) is 5.02 Å². The zero-order valence-corrected chi connectivity index (χ0v) is 11.9. The van der Waals surface area contributed by atoms with Gasteiger partial charge >= 0.3 is 0 Å². The largest absolute Gasteiger partial charge is 0.302 e. The molecular weight excluding hydrogens is 256 g/mol. The van der Waals surface area contributed by atoms with Crippen molar-refractivity contribution in [3.05, 3.63) is 70.2 Å². The molecule has 0 saturated carbocycles. The molecular formula is C17H17ClO. The molecule has 19 heavy (non-hydrogen) atoms. The smallest absolute Gasteiger partial charge is 0.130 e. The van der Waals surface area contributed by atoms with E-state index in [1.54, 1.807) is 0 Å². The monoisotopic (exact) mass is 272 g/mol. The molecule has 2 aromatic rings. The van der Waals surface area contributed by atoms with Gasteiger partial charge in [0.1, 0.15) is 6.29 Å². The van der Waals surface area contributed by atoms with Gasteiger partial charge in [-0.25, -0.2) is 0 Å². The summed E-state index contributed by atoms with van der Waals surface area (Å²) in [5.74, 6) is 0. The number of rotatable bonds is 4. The van der Waals surface area contributed by atoms with Crippen LogP contribution in [0.15, 0.2) is 48.5 Å². The SMILES string of the molecule is Cc1ccc(C(C)(C=O)Cc2ccc(Cl)cc2)cc1. The lowest BCUT2D eigenvalue weighted by molar-refractivity contribution is -0.112. The van der Waals surface area contributed by atoms with Crippen molar-refractivity contribution < 1.29 is 4.79 Å². The Morgan fingerprint density at radius 3 is 2.16 bits per heavy atom. The quantitative estimate of drug-likeness (QED) is 0.757. The van der Waals surface area contributed by atoms with Gasteiger partial charge < -0.3 is 4.79 Å². The van der Waals surface area contributed by atoms with E-state index in [1.807, 2.05) is 62.4 Å². The van der Waals surface area contributed by atoms with Crippen LogP contribution in [0.1, 0.15) is 23.6 Å². The molecule has 0 amide bonds.